The molecule has 0 amide bonds. The quantitative estimate of drug-likeness (QED) is 0.243. The fourth-order valence-corrected chi connectivity index (χ4v) is 3.85. The summed E-state index contributed by atoms with van der Waals surface area (Å²) in [5.74, 6) is -1.32. The summed E-state index contributed by atoms with van der Waals surface area (Å²) in [5, 5.41) is 24.6. The molecule has 0 saturated carbocycles. The van der Waals surface area contributed by atoms with Gasteiger partial charge in [0.15, 0.2) is 0 Å². The molecule has 33 heavy (non-hydrogen) atoms. The highest BCUT2D eigenvalue weighted by molar-refractivity contribution is 7.92. The number of nitrogens with zero attached hydrogens (tertiary/aromatic N) is 2. The predicted molar refractivity (Wildman–Crippen MR) is 125 cm³/mol. The molecule has 0 aliphatic heterocycles. The molecule has 0 atom stereocenters. The van der Waals surface area contributed by atoms with Crippen LogP contribution in [0.25, 0.3) is 6.08 Å². The molecular weight excluding hydrogens is 448 g/mol. The number of nitro benzene ring substituents is 1. The Morgan fingerprint density at radius 2 is 1.70 bits per heavy atom. The smallest absolute Gasteiger partial charge is 0.337 e. The number of aromatic carboxylic acids is 1. The molecule has 0 bridgehead atoms. The highest BCUT2D eigenvalue weighted by Crippen LogP contribution is 2.29. The van der Waals surface area contributed by atoms with E-state index in [2.05, 4.69) is 15.2 Å². The van der Waals surface area contributed by atoms with Crippen molar-refractivity contribution in [2.75, 3.05) is 10.1 Å². The lowest BCUT2D eigenvalue weighted by atomic mass is 10.2. The molecule has 0 unspecified atom stereocenters. The molecule has 3 rings (SSSR count). The van der Waals surface area contributed by atoms with E-state index in [1.807, 2.05) is 30.3 Å². The molecule has 0 fully saturated rings. The number of hydrogen-bond donors (Lipinski definition) is 3. The van der Waals surface area contributed by atoms with Crippen LogP contribution in [0.2, 0.25) is 0 Å². The van der Waals surface area contributed by atoms with E-state index >= 15 is 0 Å². The molecule has 0 radical (unpaired) electrons. The van der Waals surface area contributed by atoms with Gasteiger partial charge in [0.2, 0.25) is 0 Å². The minimum absolute atomic E-state index is 0.0192. The maximum atomic E-state index is 12.7. The third-order valence-electron chi connectivity index (χ3n) is 4.31. The van der Waals surface area contributed by atoms with Gasteiger partial charge in [0, 0.05) is 12.3 Å². The minimum Gasteiger partial charge on any atom is -0.478 e. The van der Waals surface area contributed by atoms with E-state index in [0.717, 1.165) is 17.7 Å². The van der Waals surface area contributed by atoms with E-state index in [1.165, 1.54) is 36.5 Å². The lowest BCUT2D eigenvalue weighted by Gasteiger charge is -2.11. The van der Waals surface area contributed by atoms with Gasteiger partial charge in [-0.1, -0.05) is 48.5 Å². The minimum atomic E-state index is -4.30. The number of hydrazone groups is 1. The van der Waals surface area contributed by atoms with Crippen LogP contribution < -0.4 is 10.1 Å². The SMILES string of the molecule is O=C(O)c1ccccc1NS(=O)(=O)c1ccc(NN=CC=Cc2ccccc2)c([N+](=O)[O-])c1. The number of carboxylic acids is 1. The Morgan fingerprint density at radius 1 is 1.00 bits per heavy atom. The Kier molecular flexibility index (Phi) is 7.16. The highest BCUT2D eigenvalue weighted by Gasteiger charge is 2.23. The largest absolute Gasteiger partial charge is 0.478 e. The van der Waals surface area contributed by atoms with E-state index in [-0.39, 0.29) is 16.9 Å². The maximum absolute atomic E-state index is 12.7. The molecule has 3 N–H and O–H groups in total. The molecule has 3 aromatic rings. The standard InChI is InChI=1S/C22H18N4O6S/c27-22(28)18-10-4-5-11-19(18)25-33(31,32)17-12-13-20(21(15-17)26(29)30)24-23-14-6-9-16-7-2-1-3-8-16/h1-15,24-25H,(H,27,28). The van der Waals surface area contributed by atoms with Gasteiger partial charge in [-0.15, -0.1) is 0 Å². The summed E-state index contributed by atoms with van der Waals surface area (Å²) in [7, 11) is -4.30. The van der Waals surface area contributed by atoms with Crippen LogP contribution in [0.15, 0.2) is 88.9 Å². The Hall–Kier alpha value is -4.51. The van der Waals surface area contributed by atoms with Crippen molar-refractivity contribution >= 4 is 45.3 Å². The second-order valence-electron chi connectivity index (χ2n) is 6.55. The molecule has 10 nitrogen and oxygen atoms in total. The number of nitrogens with one attached hydrogen (secondary N) is 2. The molecule has 0 spiro atoms. The number of anilines is 2. The fourth-order valence-electron chi connectivity index (χ4n) is 2.75. The third-order valence-corrected chi connectivity index (χ3v) is 5.68. The summed E-state index contributed by atoms with van der Waals surface area (Å²) in [6.45, 7) is 0. The number of benzene rings is 3. The molecule has 0 aliphatic rings. The Labute approximate surface area is 189 Å². The van der Waals surface area contributed by atoms with Crippen molar-refractivity contribution in [2.24, 2.45) is 5.10 Å². The average molecular weight is 466 g/mol. The molecule has 168 valence electrons. The average Bonchev–Trinajstić information content (AvgIpc) is 2.79. The third kappa shape index (κ3) is 6.02. The van der Waals surface area contributed by atoms with Crippen molar-refractivity contribution in [3.63, 3.8) is 0 Å². The first-order valence-corrected chi connectivity index (χ1v) is 10.9. The van der Waals surface area contributed by atoms with Crippen molar-refractivity contribution in [2.45, 2.75) is 4.90 Å². The van der Waals surface area contributed by atoms with Gasteiger partial charge < -0.3 is 5.11 Å². The first-order chi connectivity index (χ1) is 15.8. The number of carbonyl (C=O) groups is 1. The number of allylic oxidation sites excluding steroid dienone is 1. The van der Waals surface area contributed by atoms with Crippen molar-refractivity contribution in [1.29, 1.82) is 0 Å². The number of nitro groups is 1. The number of sulfonamides is 1. The predicted octanol–water partition coefficient (Wildman–Crippen LogP) is 4.20. The van der Waals surface area contributed by atoms with E-state index in [0.29, 0.717) is 0 Å². The van der Waals surface area contributed by atoms with E-state index in [4.69, 9.17) is 0 Å². The van der Waals surface area contributed by atoms with Crippen LogP contribution in [0.5, 0.6) is 0 Å². The van der Waals surface area contributed by atoms with Gasteiger partial charge in [-0.05, 0) is 35.9 Å². The van der Waals surface area contributed by atoms with Crippen LogP contribution in [0.1, 0.15) is 15.9 Å². The zero-order chi connectivity index (χ0) is 23.8. The first-order valence-electron chi connectivity index (χ1n) is 9.42. The Morgan fingerprint density at radius 3 is 2.39 bits per heavy atom. The normalized spacial score (nSPS) is 11.5. The van der Waals surface area contributed by atoms with E-state index in [9.17, 15) is 28.4 Å². The maximum Gasteiger partial charge on any atom is 0.337 e. The zero-order valence-corrected chi connectivity index (χ0v) is 17.8. The van der Waals surface area contributed by atoms with Crippen molar-refractivity contribution in [1.82, 2.24) is 0 Å². The number of para-hydroxylation sites is 1. The lowest BCUT2D eigenvalue weighted by Crippen LogP contribution is -2.16. The summed E-state index contributed by atoms with van der Waals surface area (Å²) < 4.78 is 27.6. The number of rotatable bonds is 9. The van der Waals surface area contributed by atoms with Crippen molar-refractivity contribution < 1.29 is 23.2 Å². The summed E-state index contributed by atoms with van der Waals surface area (Å²) in [4.78, 5) is 21.6. The van der Waals surface area contributed by atoms with Crippen LogP contribution in [-0.4, -0.2) is 30.6 Å². The summed E-state index contributed by atoms with van der Waals surface area (Å²) in [6, 6.07) is 18.1. The van der Waals surface area contributed by atoms with Crippen molar-refractivity contribution in [3.8, 4) is 0 Å². The van der Waals surface area contributed by atoms with Gasteiger partial charge >= 0.3 is 5.97 Å². The van der Waals surface area contributed by atoms with E-state index in [1.54, 1.807) is 12.2 Å². The second-order valence-corrected chi connectivity index (χ2v) is 8.23. The monoisotopic (exact) mass is 466 g/mol. The summed E-state index contributed by atoms with van der Waals surface area (Å²) >= 11 is 0. The molecule has 0 saturated heterocycles. The van der Waals surface area contributed by atoms with Gasteiger partial charge in [-0.25, -0.2) is 13.2 Å². The Balaban J connectivity index is 1.80. The lowest BCUT2D eigenvalue weighted by molar-refractivity contribution is -0.384. The molecular formula is C22H18N4O6S. The highest BCUT2D eigenvalue weighted by atomic mass is 32.2. The number of hydrogen-bond acceptors (Lipinski definition) is 7. The van der Waals surface area contributed by atoms with Gasteiger partial charge in [0.05, 0.1) is 21.1 Å². The second kappa shape index (κ2) is 10.2. The Bertz CT molecular complexity index is 1340. The van der Waals surface area contributed by atoms with Gasteiger partial charge in [-0.2, -0.15) is 5.10 Å². The molecule has 0 aliphatic carbocycles. The van der Waals surface area contributed by atoms with Crippen LogP contribution in [0.4, 0.5) is 17.1 Å². The fraction of sp³-hybridized carbons (Fsp3) is 0. The van der Waals surface area contributed by atoms with Gasteiger partial charge in [-0.3, -0.25) is 20.3 Å². The molecule has 11 heteroatoms. The molecule has 3 aromatic carbocycles. The van der Waals surface area contributed by atoms with Crippen molar-refractivity contribution in [3.05, 3.63) is 100 Å². The zero-order valence-electron chi connectivity index (χ0n) is 17.0. The van der Waals surface area contributed by atoms with Crippen LogP contribution in [0.3, 0.4) is 0 Å². The number of carboxylic acid groups (broad SMARTS) is 1. The van der Waals surface area contributed by atoms with Gasteiger partial charge in [0.1, 0.15) is 5.69 Å². The summed E-state index contributed by atoms with van der Waals surface area (Å²) in [5.41, 5.74) is 2.50. The van der Waals surface area contributed by atoms with Crippen LogP contribution >= 0.6 is 0 Å². The van der Waals surface area contributed by atoms with Crippen LogP contribution in [-0.2, 0) is 10.0 Å². The first kappa shape index (κ1) is 23.2. The molecule has 0 heterocycles. The van der Waals surface area contributed by atoms with E-state index < -0.39 is 31.5 Å². The topological polar surface area (TPSA) is 151 Å². The van der Waals surface area contributed by atoms with Gasteiger partial charge in [0.25, 0.3) is 15.7 Å². The summed E-state index contributed by atoms with van der Waals surface area (Å²) in [6.07, 6.45) is 4.82. The van der Waals surface area contributed by atoms with Crippen LogP contribution in [0, 0.1) is 10.1 Å². The molecule has 0 aromatic heterocycles.